The first-order valence-corrected chi connectivity index (χ1v) is 5.83. The van der Waals surface area contributed by atoms with Crippen LogP contribution >= 0.6 is 11.6 Å². The topological polar surface area (TPSA) is 29.5 Å². The average Bonchev–Trinajstić information content (AvgIpc) is 2.33. The standard InChI is InChI=1S/C13H15ClO2/c1-9-5-6-10(8-11(9)14)13(15)12-4-2-3-7-16-12/h4-6,8,13,15H,2-3,7H2,1H3. The Morgan fingerprint density at radius 1 is 1.44 bits per heavy atom. The Balaban J connectivity index is 2.22. The lowest BCUT2D eigenvalue weighted by atomic mass is 10.0. The van der Waals surface area contributed by atoms with Gasteiger partial charge in [-0.15, -0.1) is 0 Å². The monoisotopic (exact) mass is 238 g/mol. The first-order chi connectivity index (χ1) is 7.68. The van der Waals surface area contributed by atoms with Crippen LogP contribution in [0, 0.1) is 6.92 Å². The number of aliphatic hydroxyl groups excluding tert-OH is 1. The van der Waals surface area contributed by atoms with Gasteiger partial charge in [0.05, 0.1) is 6.61 Å². The summed E-state index contributed by atoms with van der Waals surface area (Å²) in [6.07, 6.45) is 3.23. The van der Waals surface area contributed by atoms with Crippen LogP contribution in [0.15, 0.2) is 30.0 Å². The molecule has 0 saturated heterocycles. The van der Waals surface area contributed by atoms with Crippen molar-refractivity contribution in [2.75, 3.05) is 6.61 Å². The van der Waals surface area contributed by atoms with Gasteiger partial charge in [-0.25, -0.2) is 0 Å². The summed E-state index contributed by atoms with van der Waals surface area (Å²) in [7, 11) is 0. The second-order valence-corrected chi connectivity index (χ2v) is 4.42. The predicted molar refractivity (Wildman–Crippen MR) is 64.4 cm³/mol. The molecule has 1 atom stereocenters. The van der Waals surface area contributed by atoms with Gasteiger partial charge in [-0.3, -0.25) is 0 Å². The first kappa shape index (κ1) is 11.5. The highest BCUT2D eigenvalue weighted by molar-refractivity contribution is 6.31. The lowest BCUT2D eigenvalue weighted by molar-refractivity contribution is 0.0918. The van der Waals surface area contributed by atoms with Crippen molar-refractivity contribution in [1.82, 2.24) is 0 Å². The van der Waals surface area contributed by atoms with Crippen LogP contribution in [0.25, 0.3) is 0 Å². The van der Waals surface area contributed by atoms with Gasteiger partial charge in [-0.05, 0) is 43.0 Å². The van der Waals surface area contributed by atoms with Crippen molar-refractivity contribution in [2.24, 2.45) is 0 Å². The van der Waals surface area contributed by atoms with E-state index in [9.17, 15) is 5.11 Å². The largest absolute Gasteiger partial charge is 0.495 e. The van der Waals surface area contributed by atoms with Crippen LogP contribution in [0.2, 0.25) is 5.02 Å². The molecule has 1 aliphatic heterocycles. The highest BCUT2D eigenvalue weighted by Crippen LogP contribution is 2.28. The van der Waals surface area contributed by atoms with Gasteiger partial charge in [-0.2, -0.15) is 0 Å². The Morgan fingerprint density at radius 3 is 2.88 bits per heavy atom. The Bertz CT molecular complexity index is 412. The van der Waals surface area contributed by atoms with Gasteiger partial charge >= 0.3 is 0 Å². The highest BCUT2D eigenvalue weighted by atomic mass is 35.5. The van der Waals surface area contributed by atoms with Gasteiger partial charge in [-0.1, -0.05) is 23.7 Å². The molecule has 1 aliphatic rings. The molecule has 0 saturated carbocycles. The normalized spacial score (nSPS) is 17.6. The molecular weight excluding hydrogens is 224 g/mol. The van der Waals surface area contributed by atoms with Crippen molar-refractivity contribution >= 4 is 11.6 Å². The van der Waals surface area contributed by atoms with Crippen LogP contribution in [-0.2, 0) is 4.74 Å². The van der Waals surface area contributed by atoms with E-state index in [4.69, 9.17) is 16.3 Å². The molecule has 1 N–H and O–H groups in total. The van der Waals surface area contributed by atoms with Crippen LogP contribution in [0.4, 0.5) is 0 Å². The summed E-state index contributed by atoms with van der Waals surface area (Å²) in [6.45, 7) is 2.62. The second kappa shape index (κ2) is 4.89. The van der Waals surface area contributed by atoms with Crippen molar-refractivity contribution in [3.8, 4) is 0 Å². The average molecular weight is 239 g/mol. The van der Waals surface area contributed by atoms with Crippen molar-refractivity contribution in [3.05, 3.63) is 46.2 Å². The maximum absolute atomic E-state index is 10.1. The molecule has 0 spiro atoms. The van der Waals surface area contributed by atoms with Gasteiger partial charge in [0.2, 0.25) is 0 Å². The summed E-state index contributed by atoms with van der Waals surface area (Å²) in [5.74, 6) is 0.645. The lowest BCUT2D eigenvalue weighted by Crippen LogP contribution is -2.09. The van der Waals surface area contributed by atoms with E-state index in [-0.39, 0.29) is 0 Å². The van der Waals surface area contributed by atoms with Gasteiger partial charge in [0.15, 0.2) is 0 Å². The summed E-state index contributed by atoms with van der Waals surface area (Å²) in [5, 5.41) is 10.8. The zero-order chi connectivity index (χ0) is 11.5. The van der Waals surface area contributed by atoms with Crippen LogP contribution in [0.5, 0.6) is 0 Å². The molecule has 2 nitrogen and oxygen atoms in total. The second-order valence-electron chi connectivity index (χ2n) is 4.01. The minimum Gasteiger partial charge on any atom is -0.495 e. The van der Waals surface area contributed by atoms with E-state index in [2.05, 4.69) is 0 Å². The number of aliphatic hydroxyl groups is 1. The Labute approximate surface area is 101 Å². The molecule has 0 bridgehead atoms. The number of ether oxygens (including phenoxy) is 1. The Hall–Kier alpha value is -0.990. The predicted octanol–water partition coefficient (Wildman–Crippen LogP) is 3.38. The quantitative estimate of drug-likeness (QED) is 0.856. The van der Waals surface area contributed by atoms with Gasteiger partial charge in [0.1, 0.15) is 11.9 Å². The SMILES string of the molecule is Cc1ccc(C(O)C2=CCCCO2)cc1Cl. The van der Waals surface area contributed by atoms with Crippen molar-refractivity contribution in [2.45, 2.75) is 25.9 Å². The number of hydrogen-bond acceptors (Lipinski definition) is 2. The molecule has 16 heavy (non-hydrogen) atoms. The van der Waals surface area contributed by atoms with E-state index in [0.29, 0.717) is 17.4 Å². The molecule has 86 valence electrons. The molecule has 0 fully saturated rings. The van der Waals surface area contributed by atoms with Crippen LogP contribution in [0.3, 0.4) is 0 Å². The van der Waals surface area contributed by atoms with E-state index in [1.54, 1.807) is 6.07 Å². The molecule has 1 aromatic rings. The summed E-state index contributed by atoms with van der Waals surface area (Å²) >= 11 is 6.03. The first-order valence-electron chi connectivity index (χ1n) is 5.45. The van der Waals surface area contributed by atoms with E-state index >= 15 is 0 Å². The van der Waals surface area contributed by atoms with Crippen molar-refractivity contribution in [1.29, 1.82) is 0 Å². The minimum absolute atomic E-state index is 0.645. The van der Waals surface area contributed by atoms with E-state index in [1.165, 1.54) is 0 Å². The molecule has 0 aromatic heterocycles. The number of rotatable bonds is 2. The number of benzene rings is 1. The highest BCUT2D eigenvalue weighted by Gasteiger charge is 2.17. The van der Waals surface area contributed by atoms with Crippen LogP contribution in [-0.4, -0.2) is 11.7 Å². The number of allylic oxidation sites excluding steroid dienone is 1. The third-order valence-electron chi connectivity index (χ3n) is 2.74. The third kappa shape index (κ3) is 2.39. The molecule has 0 amide bonds. The van der Waals surface area contributed by atoms with Crippen LogP contribution < -0.4 is 0 Å². The fourth-order valence-electron chi connectivity index (χ4n) is 1.71. The van der Waals surface area contributed by atoms with Gasteiger partial charge in [0.25, 0.3) is 0 Å². The van der Waals surface area contributed by atoms with Crippen molar-refractivity contribution in [3.63, 3.8) is 0 Å². The summed E-state index contributed by atoms with van der Waals surface area (Å²) < 4.78 is 5.43. The zero-order valence-electron chi connectivity index (χ0n) is 9.24. The van der Waals surface area contributed by atoms with E-state index < -0.39 is 6.10 Å². The summed E-state index contributed by atoms with van der Waals surface area (Å²) in [6, 6.07) is 5.58. The fourth-order valence-corrected chi connectivity index (χ4v) is 1.90. The number of aryl methyl sites for hydroxylation is 1. The van der Waals surface area contributed by atoms with Gasteiger partial charge in [0, 0.05) is 5.02 Å². The third-order valence-corrected chi connectivity index (χ3v) is 3.15. The van der Waals surface area contributed by atoms with Crippen LogP contribution in [0.1, 0.15) is 30.1 Å². The van der Waals surface area contributed by atoms with Gasteiger partial charge < -0.3 is 9.84 Å². The summed E-state index contributed by atoms with van der Waals surface area (Å²) in [4.78, 5) is 0. The molecule has 0 radical (unpaired) electrons. The lowest BCUT2D eigenvalue weighted by Gasteiger charge is -2.20. The van der Waals surface area contributed by atoms with E-state index in [1.807, 2.05) is 25.1 Å². The fraction of sp³-hybridized carbons (Fsp3) is 0.385. The number of halogens is 1. The molecular formula is C13H15ClO2. The Kier molecular flexibility index (Phi) is 3.52. The maximum Gasteiger partial charge on any atom is 0.136 e. The molecule has 1 heterocycles. The Morgan fingerprint density at radius 2 is 2.25 bits per heavy atom. The molecule has 0 aliphatic carbocycles. The zero-order valence-corrected chi connectivity index (χ0v) is 10.00. The number of hydrogen-bond donors (Lipinski definition) is 1. The molecule has 2 rings (SSSR count). The minimum atomic E-state index is -0.696. The molecule has 3 heteroatoms. The summed E-state index contributed by atoms with van der Waals surface area (Å²) in [5.41, 5.74) is 1.79. The van der Waals surface area contributed by atoms with Crippen molar-refractivity contribution < 1.29 is 9.84 Å². The van der Waals surface area contributed by atoms with E-state index in [0.717, 1.165) is 24.0 Å². The smallest absolute Gasteiger partial charge is 0.136 e. The maximum atomic E-state index is 10.1. The molecule has 1 aromatic carbocycles. The molecule has 1 unspecified atom stereocenters.